The van der Waals surface area contributed by atoms with Crippen molar-refractivity contribution < 1.29 is 67.2 Å². The molecule has 5 heterocycles. The molecule has 4 saturated heterocycles. The first kappa shape index (κ1) is 56.6. The van der Waals surface area contributed by atoms with E-state index < -0.39 is 102 Å². The molecule has 0 aliphatic carbocycles. The molecule has 3 N–H and O–H groups in total. The van der Waals surface area contributed by atoms with Gasteiger partial charge in [0, 0.05) is 43.1 Å². The lowest BCUT2D eigenvalue weighted by Gasteiger charge is -2.49. The fraction of sp³-hybridized carbons (Fsp3) is 0.780. The molecule has 0 saturated carbocycles. The van der Waals surface area contributed by atoms with Gasteiger partial charge in [-0.2, -0.15) is 0 Å². The lowest BCUT2D eigenvalue weighted by atomic mass is 9.77. The number of methoxy groups -OCH3 is 1. The molecule has 400 valence electrons. The molecule has 4 aliphatic heterocycles. The number of amides is 1. The minimum atomic E-state index is -1.62. The Bertz CT molecular complexity index is 2120. The maximum absolute atomic E-state index is 14.8. The lowest BCUT2D eigenvalue weighted by molar-refractivity contribution is -0.317. The molecule has 6 rings (SSSR count). The molecule has 1 aromatic heterocycles. The number of carbonyl (C=O) groups excluding carboxylic acids is 3. The highest BCUT2D eigenvalue weighted by molar-refractivity contribution is 6.30. The van der Waals surface area contributed by atoms with E-state index in [9.17, 15) is 24.6 Å². The molecule has 1 amide bonds. The molecule has 4 aliphatic rings. The zero-order valence-corrected chi connectivity index (χ0v) is 44.7. The van der Waals surface area contributed by atoms with Crippen molar-refractivity contribution in [3.63, 3.8) is 0 Å². The molecule has 0 spiro atoms. The van der Waals surface area contributed by atoms with E-state index in [0.717, 1.165) is 5.56 Å². The predicted octanol–water partition coefficient (Wildman–Crippen LogP) is 5.31. The average molecular weight is 1020 g/mol. The topological polar surface area (TPSA) is 224 Å². The van der Waals surface area contributed by atoms with E-state index in [4.69, 9.17) is 54.2 Å². The predicted molar refractivity (Wildman–Crippen MR) is 259 cm³/mol. The molecule has 71 heavy (non-hydrogen) atoms. The number of benzene rings is 1. The quantitative estimate of drug-likeness (QED) is 0.181. The Hall–Kier alpha value is -3.70. The molecule has 0 radical (unpaired) electrons. The average Bonchev–Trinajstić information content (AvgIpc) is 3.88. The Morgan fingerprint density at radius 2 is 1.75 bits per heavy atom. The van der Waals surface area contributed by atoms with E-state index in [1.54, 1.807) is 51.6 Å². The third-order valence-electron chi connectivity index (χ3n) is 15.1. The van der Waals surface area contributed by atoms with Crippen molar-refractivity contribution in [1.82, 2.24) is 30.1 Å². The van der Waals surface area contributed by atoms with Crippen LogP contribution in [0.3, 0.4) is 0 Å². The van der Waals surface area contributed by atoms with Gasteiger partial charge in [0.2, 0.25) is 0 Å². The van der Waals surface area contributed by atoms with Crippen molar-refractivity contribution in [2.24, 2.45) is 17.8 Å². The highest BCUT2D eigenvalue weighted by Gasteiger charge is 2.58. The second-order valence-electron chi connectivity index (χ2n) is 21.3. The zero-order chi connectivity index (χ0) is 52.3. The van der Waals surface area contributed by atoms with E-state index in [0.29, 0.717) is 30.2 Å². The van der Waals surface area contributed by atoms with Crippen molar-refractivity contribution in [1.29, 1.82) is 0 Å². The first-order chi connectivity index (χ1) is 33.3. The van der Waals surface area contributed by atoms with Crippen LogP contribution in [-0.2, 0) is 60.5 Å². The fourth-order valence-corrected chi connectivity index (χ4v) is 11.4. The minimum absolute atomic E-state index is 0.0344. The van der Waals surface area contributed by atoms with Crippen LogP contribution in [0.25, 0.3) is 0 Å². The fourth-order valence-electron chi connectivity index (χ4n) is 11.2. The van der Waals surface area contributed by atoms with Crippen LogP contribution in [0.5, 0.6) is 0 Å². The van der Waals surface area contributed by atoms with Gasteiger partial charge < -0.3 is 63.1 Å². The zero-order valence-electron chi connectivity index (χ0n) is 43.9. The Morgan fingerprint density at radius 3 is 2.41 bits per heavy atom. The number of hydrogen-bond donors (Lipinski definition) is 3. The van der Waals surface area contributed by atoms with E-state index in [1.807, 2.05) is 83.8 Å². The number of cyclic esters (lactones) is 1. The summed E-state index contributed by atoms with van der Waals surface area (Å²) in [4.78, 5) is 45.1. The molecule has 0 unspecified atom stereocenters. The van der Waals surface area contributed by atoms with Gasteiger partial charge in [0.15, 0.2) is 30.4 Å². The number of fused-ring (bicyclic) bond motifs is 1. The van der Waals surface area contributed by atoms with Gasteiger partial charge in [-0.25, -0.2) is 14.3 Å². The van der Waals surface area contributed by atoms with Crippen molar-refractivity contribution in [3.8, 4) is 0 Å². The monoisotopic (exact) mass is 1020 g/mol. The van der Waals surface area contributed by atoms with Crippen LogP contribution in [0, 0.1) is 17.8 Å². The number of esters is 1. The van der Waals surface area contributed by atoms with Gasteiger partial charge in [0.1, 0.15) is 23.5 Å². The van der Waals surface area contributed by atoms with Crippen LogP contribution < -0.4 is 5.32 Å². The van der Waals surface area contributed by atoms with E-state index in [2.05, 4.69) is 15.6 Å². The number of hydrogen-bond acceptors (Lipinski definition) is 18. The number of halogens is 1. The summed E-state index contributed by atoms with van der Waals surface area (Å²) in [5.41, 5.74) is -2.70. The summed E-state index contributed by atoms with van der Waals surface area (Å²) >= 11 is 6.15. The molecular weight excluding hydrogens is 944 g/mol. The van der Waals surface area contributed by atoms with Crippen molar-refractivity contribution in [2.45, 2.75) is 198 Å². The van der Waals surface area contributed by atoms with Crippen LogP contribution in [-0.4, -0.2) is 178 Å². The number of likely N-dealkylation sites (N-methyl/N-ethyl adjacent to an activating group) is 2. The normalized spacial score (nSPS) is 39.9. The number of nitrogens with zero attached hydrogens (tertiary/aromatic N) is 5. The summed E-state index contributed by atoms with van der Waals surface area (Å²) in [7, 11) is 7.17. The maximum atomic E-state index is 14.8. The van der Waals surface area contributed by atoms with Crippen molar-refractivity contribution in [3.05, 3.63) is 46.7 Å². The Balaban J connectivity index is 1.28. The van der Waals surface area contributed by atoms with Gasteiger partial charge in [-0.3, -0.25) is 9.69 Å². The maximum Gasteiger partial charge on any atom is 0.509 e. The van der Waals surface area contributed by atoms with Gasteiger partial charge in [-0.1, -0.05) is 49.7 Å². The SMILES string of the molecule is CC[C@H]1OC(=O)[C@H](C)[C@@H](O[C@H]2C[C@@](C)(OC)[C@@H](OC(=O)NCc3cn(Cc4cccc(Cl)c4)nn3)[C@H](C)O2)[C@H](C)[C@@H](O[C@@H]2O[C@H](C)C[C@H](N(C)C)[C@H]2O)[C@](C)(O)C[C@@H](C)CN(C)[C@H](C)[C@H]2OC(=O)O[C@@]21C. The Kier molecular flexibility index (Phi) is 18.5. The molecular formula is C50H79ClN6O14. The minimum Gasteiger partial charge on any atom is -0.458 e. The van der Waals surface area contributed by atoms with Gasteiger partial charge in [0.25, 0.3) is 0 Å². The van der Waals surface area contributed by atoms with Crippen molar-refractivity contribution in [2.75, 3.05) is 34.8 Å². The number of carbonyl (C=O) groups is 3. The summed E-state index contributed by atoms with van der Waals surface area (Å²) in [6.45, 7) is 19.0. The van der Waals surface area contributed by atoms with Gasteiger partial charge in [-0.15, -0.1) is 5.10 Å². The molecule has 20 nitrogen and oxygen atoms in total. The van der Waals surface area contributed by atoms with Crippen LogP contribution in [0.15, 0.2) is 30.5 Å². The number of alkyl carbamates (subject to hydrolysis) is 1. The van der Waals surface area contributed by atoms with Crippen LogP contribution in [0.4, 0.5) is 9.59 Å². The molecule has 18 atom stereocenters. The van der Waals surface area contributed by atoms with Crippen molar-refractivity contribution >= 4 is 29.8 Å². The summed E-state index contributed by atoms with van der Waals surface area (Å²) in [5, 5.41) is 36.3. The highest BCUT2D eigenvalue weighted by Crippen LogP contribution is 2.42. The number of nitrogens with one attached hydrogen (secondary N) is 1. The largest absolute Gasteiger partial charge is 0.509 e. The smallest absolute Gasteiger partial charge is 0.458 e. The van der Waals surface area contributed by atoms with E-state index >= 15 is 0 Å². The first-order valence-corrected chi connectivity index (χ1v) is 25.3. The van der Waals surface area contributed by atoms with E-state index in [1.165, 1.54) is 7.11 Å². The summed E-state index contributed by atoms with van der Waals surface area (Å²) < 4.78 is 58.4. The molecule has 2 aromatic rings. The van der Waals surface area contributed by atoms with E-state index in [-0.39, 0.29) is 49.9 Å². The third-order valence-corrected chi connectivity index (χ3v) is 15.3. The first-order valence-electron chi connectivity index (χ1n) is 24.9. The summed E-state index contributed by atoms with van der Waals surface area (Å²) in [5.74, 6) is -2.72. The van der Waals surface area contributed by atoms with Gasteiger partial charge in [0.05, 0.1) is 55.2 Å². The summed E-state index contributed by atoms with van der Waals surface area (Å²) in [6, 6.07) is 6.71. The number of rotatable bonds is 12. The third kappa shape index (κ3) is 13.2. The number of aliphatic hydroxyl groups is 2. The molecule has 0 bridgehead atoms. The number of aromatic nitrogens is 3. The Morgan fingerprint density at radius 1 is 1.03 bits per heavy atom. The molecule has 4 fully saturated rings. The number of aliphatic hydroxyl groups excluding tert-OH is 1. The molecule has 1 aromatic carbocycles. The van der Waals surface area contributed by atoms with Crippen LogP contribution in [0.2, 0.25) is 5.02 Å². The summed E-state index contributed by atoms with van der Waals surface area (Å²) in [6.07, 6.45) is -8.07. The van der Waals surface area contributed by atoms with Crippen LogP contribution >= 0.6 is 11.6 Å². The van der Waals surface area contributed by atoms with Gasteiger partial charge >= 0.3 is 18.2 Å². The Labute approximate surface area is 423 Å². The molecule has 21 heteroatoms. The highest BCUT2D eigenvalue weighted by atomic mass is 35.5. The van der Waals surface area contributed by atoms with Gasteiger partial charge in [-0.05, 0) is 112 Å². The number of ether oxygens (including phenoxy) is 9. The lowest BCUT2D eigenvalue weighted by Crippen LogP contribution is -2.61. The standard InChI is InChI=1S/C50H79ClN6O14/c1-15-37-50(10)42(70-47(61)71-50)31(6)56(13)24-27(2)21-48(8,62)41(68-45-39(58)36(55(11)12)19-28(3)64-45)29(4)40(30(5)44(59)66-37)67-38-22-49(9,63-14)43(32(7)65-38)69-46(60)52-23-35-26-57(54-53-35)25-33-17-16-18-34(51)20-33/h16-18,20,26-32,36-43,45,58,62H,15,19,21-25H2,1-14H3,(H,52,60)/t27-,28-,29+,30-,31-,32+,36+,37-,38+,39-,40+,41-,42-,43+,45+,48-,49-,50-/m1/s1. The second kappa shape index (κ2) is 23.2. The van der Waals surface area contributed by atoms with Crippen LogP contribution in [0.1, 0.15) is 106 Å². The second-order valence-corrected chi connectivity index (χ2v) is 21.8.